The van der Waals surface area contributed by atoms with Crippen LogP contribution in [0.5, 0.6) is 0 Å². The van der Waals surface area contributed by atoms with E-state index in [1.54, 1.807) is 7.05 Å². The van der Waals surface area contributed by atoms with Gasteiger partial charge in [0.2, 0.25) is 0 Å². The number of H-pyrrole nitrogens is 1. The standard InChI is InChI=1S/C26H26N8O4/c1-4-7-20-27-24-22(25(36)34(15-21(35)38-3)26(37)32(24)2)33(20)14-16-10-12-17(13-11-16)18-8-5-6-9-19(18)23-28-30-31-29-23/h5-6,8-13H,4,7,14-15H2,1-3H3,(H,28,29,30,31). The molecule has 0 amide bonds. The van der Waals surface area contributed by atoms with Crippen LogP contribution in [-0.4, -0.2) is 52.4 Å². The third kappa shape index (κ3) is 4.40. The van der Waals surface area contributed by atoms with Crippen LogP contribution < -0.4 is 11.2 Å². The summed E-state index contributed by atoms with van der Waals surface area (Å²) in [7, 11) is 2.76. The Balaban J connectivity index is 1.57. The summed E-state index contributed by atoms with van der Waals surface area (Å²) in [5.41, 5.74) is 3.13. The molecule has 0 saturated carbocycles. The van der Waals surface area contributed by atoms with Gasteiger partial charge in [-0.25, -0.2) is 19.4 Å². The predicted molar refractivity (Wildman–Crippen MR) is 139 cm³/mol. The van der Waals surface area contributed by atoms with Crippen molar-refractivity contribution in [3.8, 4) is 22.5 Å². The molecular formula is C26H26N8O4. The number of rotatable bonds is 8. The quantitative estimate of drug-likeness (QED) is 0.310. The fourth-order valence-electron chi connectivity index (χ4n) is 4.52. The number of fused-ring (bicyclic) bond motifs is 1. The van der Waals surface area contributed by atoms with Crippen molar-refractivity contribution in [2.75, 3.05) is 7.11 Å². The van der Waals surface area contributed by atoms with E-state index < -0.39 is 23.8 Å². The molecule has 5 rings (SSSR count). The largest absolute Gasteiger partial charge is 0.468 e. The third-order valence-electron chi connectivity index (χ3n) is 6.43. The number of aryl methyl sites for hydroxylation is 2. The molecule has 0 aliphatic rings. The van der Waals surface area contributed by atoms with Crippen LogP contribution in [0, 0.1) is 0 Å². The Labute approximate surface area is 216 Å². The highest BCUT2D eigenvalue weighted by molar-refractivity contribution is 5.80. The van der Waals surface area contributed by atoms with E-state index in [0.29, 0.717) is 24.6 Å². The molecule has 0 saturated heterocycles. The van der Waals surface area contributed by atoms with Gasteiger partial charge in [-0.05, 0) is 33.5 Å². The first-order valence-corrected chi connectivity index (χ1v) is 12.1. The number of nitrogens with zero attached hydrogens (tertiary/aromatic N) is 7. The number of methoxy groups -OCH3 is 1. The van der Waals surface area contributed by atoms with Crippen molar-refractivity contribution in [3.05, 3.63) is 80.8 Å². The molecule has 3 heterocycles. The molecule has 12 nitrogen and oxygen atoms in total. The molecule has 0 radical (unpaired) electrons. The smallest absolute Gasteiger partial charge is 0.333 e. The first kappa shape index (κ1) is 24.8. The van der Waals surface area contributed by atoms with Gasteiger partial charge in [0.1, 0.15) is 12.4 Å². The molecule has 0 aliphatic carbocycles. The van der Waals surface area contributed by atoms with Crippen LogP contribution in [0.4, 0.5) is 0 Å². The van der Waals surface area contributed by atoms with E-state index in [1.165, 1.54) is 11.7 Å². The van der Waals surface area contributed by atoms with Crippen LogP contribution >= 0.6 is 0 Å². The van der Waals surface area contributed by atoms with Gasteiger partial charge < -0.3 is 9.30 Å². The van der Waals surface area contributed by atoms with Crippen molar-refractivity contribution in [2.24, 2.45) is 7.05 Å². The molecular weight excluding hydrogens is 488 g/mol. The van der Waals surface area contributed by atoms with Crippen molar-refractivity contribution in [1.29, 1.82) is 0 Å². The van der Waals surface area contributed by atoms with Crippen molar-refractivity contribution >= 4 is 17.1 Å². The molecule has 0 spiro atoms. The maximum Gasteiger partial charge on any atom is 0.333 e. The summed E-state index contributed by atoms with van der Waals surface area (Å²) in [5.74, 6) is 0.589. The van der Waals surface area contributed by atoms with Crippen LogP contribution in [0.1, 0.15) is 24.7 Å². The topological polar surface area (TPSA) is 143 Å². The Bertz CT molecular complexity index is 1730. The highest BCUT2D eigenvalue weighted by Gasteiger charge is 2.21. The SMILES string of the molecule is CCCc1nc2c(c(=O)n(CC(=O)OC)c(=O)n2C)n1Cc1ccc(-c2ccccc2-c2nnn[nH]2)cc1. The molecule has 194 valence electrons. The van der Waals surface area contributed by atoms with Gasteiger partial charge in [-0.3, -0.25) is 14.2 Å². The summed E-state index contributed by atoms with van der Waals surface area (Å²) >= 11 is 0. The maximum absolute atomic E-state index is 13.4. The number of nitrogens with one attached hydrogen (secondary N) is 1. The van der Waals surface area contributed by atoms with E-state index in [4.69, 9.17) is 0 Å². The van der Waals surface area contributed by atoms with Gasteiger partial charge in [-0.2, -0.15) is 0 Å². The van der Waals surface area contributed by atoms with E-state index in [-0.39, 0.29) is 11.2 Å². The normalized spacial score (nSPS) is 11.2. The number of tetrazole rings is 1. The zero-order valence-electron chi connectivity index (χ0n) is 21.2. The maximum atomic E-state index is 13.4. The second-order valence-corrected chi connectivity index (χ2v) is 8.84. The average molecular weight is 515 g/mol. The number of hydrogen-bond acceptors (Lipinski definition) is 8. The fraction of sp³-hybridized carbons (Fsp3) is 0.269. The van der Waals surface area contributed by atoms with E-state index in [0.717, 1.165) is 33.2 Å². The van der Waals surface area contributed by atoms with Crippen molar-refractivity contribution in [3.63, 3.8) is 0 Å². The second kappa shape index (κ2) is 10.2. The van der Waals surface area contributed by atoms with Gasteiger partial charge in [0.05, 0.1) is 7.11 Å². The number of esters is 1. The number of imidazole rings is 1. The molecule has 1 N–H and O–H groups in total. The van der Waals surface area contributed by atoms with E-state index in [1.807, 2.05) is 60.0 Å². The zero-order valence-corrected chi connectivity index (χ0v) is 21.2. The average Bonchev–Trinajstić information content (AvgIpc) is 3.60. The summed E-state index contributed by atoms with van der Waals surface area (Å²) in [6.07, 6.45) is 1.43. The zero-order chi connectivity index (χ0) is 26.8. The molecule has 3 aromatic heterocycles. The molecule has 38 heavy (non-hydrogen) atoms. The second-order valence-electron chi connectivity index (χ2n) is 8.84. The molecule has 2 aromatic carbocycles. The Hall–Kier alpha value is -4.87. The van der Waals surface area contributed by atoms with Crippen LogP contribution in [0.15, 0.2) is 58.1 Å². The highest BCUT2D eigenvalue weighted by atomic mass is 16.5. The number of hydrogen-bond donors (Lipinski definition) is 1. The lowest BCUT2D eigenvalue weighted by Crippen LogP contribution is -2.41. The van der Waals surface area contributed by atoms with Crippen LogP contribution in [-0.2, 0) is 36.1 Å². The minimum absolute atomic E-state index is 0.270. The number of carbonyl (C=O) groups excluding carboxylic acids is 1. The molecule has 5 aromatic rings. The lowest BCUT2D eigenvalue weighted by molar-refractivity contribution is -0.141. The minimum atomic E-state index is -0.680. The van der Waals surface area contributed by atoms with E-state index in [9.17, 15) is 14.4 Å². The Morgan fingerprint density at radius 3 is 2.42 bits per heavy atom. The number of carbonyl (C=O) groups is 1. The molecule has 0 atom stereocenters. The lowest BCUT2D eigenvalue weighted by Gasteiger charge is -2.12. The molecule has 0 bridgehead atoms. The highest BCUT2D eigenvalue weighted by Crippen LogP contribution is 2.30. The monoisotopic (exact) mass is 514 g/mol. The van der Waals surface area contributed by atoms with Crippen molar-refractivity contribution in [1.82, 2.24) is 39.3 Å². The number of benzene rings is 2. The van der Waals surface area contributed by atoms with Gasteiger partial charge >= 0.3 is 11.7 Å². The van der Waals surface area contributed by atoms with Gasteiger partial charge in [0, 0.05) is 25.6 Å². The predicted octanol–water partition coefficient (Wildman–Crippen LogP) is 1.92. The summed E-state index contributed by atoms with van der Waals surface area (Å²) < 4.78 is 8.70. The third-order valence-corrected chi connectivity index (χ3v) is 6.43. The van der Waals surface area contributed by atoms with E-state index >= 15 is 0 Å². The summed E-state index contributed by atoms with van der Waals surface area (Å²) in [6, 6.07) is 15.8. The Morgan fingerprint density at radius 2 is 1.76 bits per heavy atom. The van der Waals surface area contributed by atoms with Crippen molar-refractivity contribution in [2.45, 2.75) is 32.9 Å². The minimum Gasteiger partial charge on any atom is -0.468 e. The van der Waals surface area contributed by atoms with Gasteiger partial charge in [0.25, 0.3) is 5.56 Å². The summed E-state index contributed by atoms with van der Waals surface area (Å²) in [5, 5.41) is 14.2. The van der Waals surface area contributed by atoms with Gasteiger partial charge in [-0.15, -0.1) is 5.10 Å². The number of aromatic amines is 1. The number of aromatic nitrogens is 8. The first-order chi connectivity index (χ1) is 18.4. The number of ether oxygens (including phenoxy) is 1. The fourth-order valence-corrected chi connectivity index (χ4v) is 4.52. The molecule has 12 heteroatoms. The van der Waals surface area contributed by atoms with Crippen LogP contribution in [0.25, 0.3) is 33.7 Å². The van der Waals surface area contributed by atoms with Crippen LogP contribution in [0.3, 0.4) is 0 Å². The molecule has 0 unspecified atom stereocenters. The van der Waals surface area contributed by atoms with Crippen LogP contribution in [0.2, 0.25) is 0 Å². The summed E-state index contributed by atoms with van der Waals surface area (Å²) in [4.78, 5) is 42.8. The Kier molecular flexibility index (Phi) is 6.69. The van der Waals surface area contributed by atoms with Crippen molar-refractivity contribution < 1.29 is 9.53 Å². The van der Waals surface area contributed by atoms with E-state index in [2.05, 4.69) is 30.3 Å². The Morgan fingerprint density at radius 1 is 1.03 bits per heavy atom. The summed E-state index contributed by atoms with van der Waals surface area (Å²) in [6.45, 7) is 1.92. The first-order valence-electron chi connectivity index (χ1n) is 12.1. The molecule has 0 fully saturated rings. The van der Waals surface area contributed by atoms with Gasteiger partial charge in [0.15, 0.2) is 17.0 Å². The van der Waals surface area contributed by atoms with Gasteiger partial charge in [-0.1, -0.05) is 55.5 Å². The lowest BCUT2D eigenvalue weighted by atomic mass is 9.98. The molecule has 0 aliphatic heterocycles.